The summed E-state index contributed by atoms with van der Waals surface area (Å²) in [6.45, 7) is 3.43. The molecule has 0 atom stereocenters. The van der Waals surface area contributed by atoms with Crippen LogP contribution in [0.5, 0.6) is 11.5 Å². The molecule has 0 saturated heterocycles. The first-order chi connectivity index (χ1) is 15.6. The Kier molecular flexibility index (Phi) is 7.50. The molecule has 0 spiro atoms. The molecule has 33 heavy (non-hydrogen) atoms. The third-order valence-corrected chi connectivity index (χ3v) is 7.18. The summed E-state index contributed by atoms with van der Waals surface area (Å²) in [5.41, 5.74) is 2.32. The van der Waals surface area contributed by atoms with Gasteiger partial charge in [-0.3, -0.25) is 4.79 Å². The second-order valence-electron chi connectivity index (χ2n) is 7.36. The van der Waals surface area contributed by atoms with Gasteiger partial charge < -0.3 is 20.1 Å². The smallest absolute Gasteiger partial charge is 0.243 e. The van der Waals surface area contributed by atoms with Crippen molar-refractivity contribution in [1.82, 2.24) is 0 Å². The molecule has 3 aromatic carbocycles. The molecule has 7 nitrogen and oxygen atoms in total. The van der Waals surface area contributed by atoms with E-state index in [2.05, 4.69) is 10.6 Å². The van der Waals surface area contributed by atoms with Crippen molar-refractivity contribution >= 4 is 38.7 Å². The van der Waals surface area contributed by atoms with Crippen molar-refractivity contribution in [2.75, 3.05) is 31.4 Å². The zero-order chi connectivity index (χ0) is 24.2. The van der Waals surface area contributed by atoms with Gasteiger partial charge in [-0.25, -0.2) is 8.42 Å². The number of halogens is 1. The fraction of sp³-hybridized carbons (Fsp3) is 0.208. The van der Waals surface area contributed by atoms with E-state index < -0.39 is 9.84 Å². The first-order valence-corrected chi connectivity index (χ1v) is 11.9. The number of amides is 1. The molecule has 1 amide bonds. The summed E-state index contributed by atoms with van der Waals surface area (Å²) in [7, 11) is -0.763. The fourth-order valence-electron chi connectivity index (χ4n) is 3.24. The minimum Gasteiger partial charge on any atom is -0.497 e. The molecule has 3 aromatic rings. The summed E-state index contributed by atoms with van der Waals surface area (Å²) < 4.78 is 36.8. The molecule has 0 heterocycles. The Morgan fingerprint density at radius 1 is 0.939 bits per heavy atom. The molecule has 0 radical (unpaired) electrons. The molecule has 0 aliphatic carbocycles. The van der Waals surface area contributed by atoms with Crippen LogP contribution in [-0.2, 0) is 14.6 Å². The van der Waals surface area contributed by atoms with Crippen molar-refractivity contribution in [3.63, 3.8) is 0 Å². The predicted molar refractivity (Wildman–Crippen MR) is 129 cm³/mol. The summed E-state index contributed by atoms with van der Waals surface area (Å²) in [5.74, 6) is 0.689. The Morgan fingerprint density at radius 3 is 2.27 bits per heavy atom. The predicted octanol–water partition coefficient (Wildman–Crippen LogP) is 4.86. The molecule has 0 bridgehead atoms. The molecular weight excluding hydrogens is 464 g/mol. The van der Waals surface area contributed by atoms with Crippen LogP contribution in [0.2, 0.25) is 5.02 Å². The topological polar surface area (TPSA) is 93.7 Å². The lowest BCUT2D eigenvalue weighted by Gasteiger charge is -2.16. The molecule has 3 rings (SSSR count). The molecule has 0 aliphatic rings. The van der Waals surface area contributed by atoms with E-state index >= 15 is 0 Å². The molecule has 2 N–H and O–H groups in total. The van der Waals surface area contributed by atoms with Crippen LogP contribution in [0.15, 0.2) is 64.4 Å². The van der Waals surface area contributed by atoms with Crippen LogP contribution in [0.3, 0.4) is 0 Å². The van der Waals surface area contributed by atoms with E-state index in [1.807, 2.05) is 6.92 Å². The molecule has 0 aromatic heterocycles. The second kappa shape index (κ2) is 10.1. The van der Waals surface area contributed by atoms with E-state index in [1.165, 1.54) is 20.3 Å². The normalized spacial score (nSPS) is 11.1. The van der Waals surface area contributed by atoms with Gasteiger partial charge in [0.2, 0.25) is 15.7 Å². The average Bonchev–Trinajstić information content (AvgIpc) is 2.79. The zero-order valence-corrected chi connectivity index (χ0v) is 20.3. The van der Waals surface area contributed by atoms with Gasteiger partial charge >= 0.3 is 0 Å². The Bertz CT molecular complexity index is 1270. The van der Waals surface area contributed by atoms with Crippen LogP contribution in [0.1, 0.15) is 11.1 Å². The van der Waals surface area contributed by atoms with Gasteiger partial charge in [0.25, 0.3) is 0 Å². The minimum absolute atomic E-state index is 0.0798. The van der Waals surface area contributed by atoms with Crippen LogP contribution in [0.25, 0.3) is 0 Å². The van der Waals surface area contributed by atoms with Crippen molar-refractivity contribution in [2.24, 2.45) is 0 Å². The fourth-order valence-corrected chi connectivity index (χ4v) is 5.07. The highest BCUT2D eigenvalue weighted by molar-refractivity contribution is 7.91. The summed E-state index contributed by atoms with van der Waals surface area (Å²) in [4.78, 5) is 12.8. The molecule has 0 saturated carbocycles. The first kappa shape index (κ1) is 24.4. The number of sulfone groups is 1. The largest absolute Gasteiger partial charge is 0.497 e. The lowest BCUT2D eigenvalue weighted by molar-refractivity contribution is -0.114. The van der Waals surface area contributed by atoms with Crippen LogP contribution >= 0.6 is 11.6 Å². The second-order valence-corrected chi connectivity index (χ2v) is 9.72. The molecule has 9 heteroatoms. The number of hydrogen-bond acceptors (Lipinski definition) is 6. The number of ether oxygens (including phenoxy) is 2. The Morgan fingerprint density at radius 2 is 1.64 bits per heavy atom. The van der Waals surface area contributed by atoms with Gasteiger partial charge in [-0.15, -0.1) is 0 Å². The number of hydrogen-bond donors (Lipinski definition) is 2. The van der Waals surface area contributed by atoms with E-state index in [4.69, 9.17) is 21.1 Å². The quantitative estimate of drug-likeness (QED) is 0.470. The highest BCUT2D eigenvalue weighted by Gasteiger charge is 2.22. The van der Waals surface area contributed by atoms with Gasteiger partial charge in [-0.05, 0) is 55.8 Å². The van der Waals surface area contributed by atoms with Crippen molar-refractivity contribution in [1.29, 1.82) is 0 Å². The maximum Gasteiger partial charge on any atom is 0.243 e. The van der Waals surface area contributed by atoms with Gasteiger partial charge in [0.15, 0.2) is 0 Å². The van der Waals surface area contributed by atoms with Crippen LogP contribution in [0.4, 0.5) is 11.4 Å². The van der Waals surface area contributed by atoms with Gasteiger partial charge in [-0.2, -0.15) is 0 Å². The number of carbonyl (C=O) groups is 1. The van der Waals surface area contributed by atoms with Crippen molar-refractivity contribution in [2.45, 2.75) is 23.6 Å². The van der Waals surface area contributed by atoms with Crippen molar-refractivity contribution in [3.8, 4) is 11.5 Å². The van der Waals surface area contributed by atoms with Gasteiger partial charge in [0.1, 0.15) is 11.5 Å². The van der Waals surface area contributed by atoms with E-state index in [1.54, 1.807) is 55.5 Å². The highest BCUT2D eigenvalue weighted by atomic mass is 35.5. The number of rotatable bonds is 8. The highest BCUT2D eigenvalue weighted by Crippen LogP contribution is 2.32. The summed E-state index contributed by atoms with van der Waals surface area (Å²) in [5, 5.41) is 5.98. The summed E-state index contributed by atoms with van der Waals surface area (Å²) in [6.07, 6.45) is 0. The number of benzene rings is 3. The number of methoxy groups -OCH3 is 2. The minimum atomic E-state index is -3.79. The number of anilines is 2. The van der Waals surface area contributed by atoms with Gasteiger partial charge in [0, 0.05) is 16.8 Å². The maximum atomic E-state index is 13.2. The Labute approximate surface area is 198 Å². The average molecular weight is 489 g/mol. The Balaban J connectivity index is 1.82. The summed E-state index contributed by atoms with van der Waals surface area (Å²) in [6, 6.07) is 14.7. The summed E-state index contributed by atoms with van der Waals surface area (Å²) >= 11 is 6.22. The number of nitrogens with one attached hydrogen (secondary N) is 2. The molecule has 0 unspecified atom stereocenters. The lowest BCUT2D eigenvalue weighted by Crippen LogP contribution is -2.22. The molecule has 0 aliphatic heterocycles. The van der Waals surface area contributed by atoms with E-state index in [9.17, 15) is 13.2 Å². The maximum absolute atomic E-state index is 13.2. The molecular formula is C24H25ClN2O5S. The van der Waals surface area contributed by atoms with Gasteiger partial charge in [0.05, 0.1) is 36.2 Å². The Hall–Kier alpha value is -3.23. The van der Waals surface area contributed by atoms with Crippen LogP contribution in [-0.4, -0.2) is 35.1 Å². The van der Waals surface area contributed by atoms with Crippen molar-refractivity contribution in [3.05, 3.63) is 70.7 Å². The van der Waals surface area contributed by atoms with Gasteiger partial charge in [-0.1, -0.05) is 29.3 Å². The van der Waals surface area contributed by atoms with Crippen molar-refractivity contribution < 1.29 is 22.7 Å². The molecule has 0 fully saturated rings. The van der Waals surface area contributed by atoms with E-state index in [0.29, 0.717) is 28.4 Å². The monoisotopic (exact) mass is 488 g/mol. The zero-order valence-electron chi connectivity index (χ0n) is 18.7. The first-order valence-electron chi connectivity index (χ1n) is 10.0. The SMILES string of the molecule is COc1ccc(OC)c(NC(=O)CNc2cc(Cl)cc(S(=O)(=O)c3ccc(C)cc3)c2C)c1. The lowest BCUT2D eigenvalue weighted by atomic mass is 10.2. The standard InChI is InChI=1S/C24H25ClN2O5S/c1-15-5-8-19(9-6-15)33(29,30)23-12-17(25)11-20(16(23)2)26-14-24(28)27-21-13-18(31-3)7-10-22(21)32-4/h5-13,26H,14H2,1-4H3,(H,27,28). The van der Waals surface area contributed by atoms with E-state index in [-0.39, 0.29) is 27.3 Å². The van der Waals surface area contributed by atoms with E-state index in [0.717, 1.165) is 5.56 Å². The van der Waals surface area contributed by atoms with Crippen LogP contribution < -0.4 is 20.1 Å². The number of aryl methyl sites for hydroxylation is 1. The third-order valence-electron chi connectivity index (χ3n) is 5.07. The third kappa shape index (κ3) is 5.58. The number of carbonyl (C=O) groups excluding carboxylic acids is 1. The van der Waals surface area contributed by atoms with Crippen LogP contribution in [0, 0.1) is 13.8 Å². The molecule has 174 valence electrons.